The van der Waals surface area contributed by atoms with Crippen molar-refractivity contribution < 1.29 is 0 Å². The number of benzene rings is 17. The van der Waals surface area contributed by atoms with E-state index in [1.54, 1.807) is 0 Å². The van der Waals surface area contributed by atoms with Crippen molar-refractivity contribution >= 4 is 108 Å². The SMILES string of the molecule is c1ccc2c(c1)ccc1c(-c3ccc(-c4c5ccc(-c6ccc(-n7c8ccccc8c8ccccc87)cc6)cc5c(-c5ccc(-c6cccc7c6ccc6ccccc67)cc5)c5ccc(-c6ccc(-n7c8ccccc8c8ccccc87)cc6)cc45)cc3)cccc12. The van der Waals surface area contributed by atoms with Crippen LogP contribution in [-0.2, 0) is 0 Å². The molecule has 0 saturated carbocycles. The Hall–Kier alpha value is -12.1. The van der Waals surface area contributed by atoms with Gasteiger partial charge >= 0.3 is 0 Å². The van der Waals surface area contributed by atoms with Crippen LogP contribution in [0.5, 0.6) is 0 Å². The standard InChI is InChI=1S/C90H56N2/c1-3-17-69-59(15-1)43-51-75-71(23-13-25-73(69)75)61-31-35-63(36-32-61)89-81-53-45-66(58-41-49-68(50-42-58)92-87-29-11-7-21-79(87)80-22-8-12-30-88(80)92)56-84(81)90(64-37-33-62(34-38-64)72-24-14-26-74-70-18-4-2-16-60(70)44-52-76(72)74)82-54-46-65(55-83(82)89)57-39-47-67(48-40-57)91-85-27-9-5-19-77(85)78-20-6-10-28-86(78)91/h1-56H. The predicted molar refractivity (Wildman–Crippen MR) is 393 cm³/mol. The average Bonchev–Trinajstić information content (AvgIpc) is 0.873. The molecule has 0 spiro atoms. The average molecular weight is 1170 g/mol. The lowest BCUT2D eigenvalue weighted by Gasteiger charge is -2.20. The minimum Gasteiger partial charge on any atom is -0.309 e. The summed E-state index contributed by atoms with van der Waals surface area (Å²) in [5, 5.41) is 19.9. The monoisotopic (exact) mass is 1160 g/mol. The summed E-state index contributed by atoms with van der Waals surface area (Å²) < 4.78 is 4.80. The van der Waals surface area contributed by atoms with E-state index in [0.29, 0.717) is 0 Å². The lowest BCUT2D eigenvalue weighted by molar-refractivity contribution is 1.18. The van der Waals surface area contributed by atoms with Crippen molar-refractivity contribution in [1.82, 2.24) is 9.13 Å². The Morgan fingerprint density at radius 3 is 0.826 bits per heavy atom. The van der Waals surface area contributed by atoms with Crippen molar-refractivity contribution in [3.63, 3.8) is 0 Å². The number of fused-ring (bicyclic) bond motifs is 14. The van der Waals surface area contributed by atoms with E-state index < -0.39 is 0 Å². The van der Waals surface area contributed by atoms with Gasteiger partial charge in [-0.2, -0.15) is 0 Å². The third kappa shape index (κ3) is 8.14. The van der Waals surface area contributed by atoms with E-state index in [0.717, 1.165) is 33.6 Å². The Balaban J connectivity index is 0.815. The number of para-hydroxylation sites is 4. The van der Waals surface area contributed by atoms with Gasteiger partial charge in [0.15, 0.2) is 0 Å². The second kappa shape index (κ2) is 20.8. The largest absolute Gasteiger partial charge is 0.309 e. The van der Waals surface area contributed by atoms with Gasteiger partial charge in [-0.3, -0.25) is 0 Å². The molecule has 19 rings (SSSR count). The van der Waals surface area contributed by atoms with Crippen LogP contribution >= 0.6 is 0 Å². The highest BCUT2D eigenvalue weighted by Gasteiger charge is 2.22. The van der Waals surface area contributed by atoms with E-state index in [-0.39, 0.29) is 0 Å². The van der Waals surface area contributed by atoms with Crippen molar-refractivity contribution in [3.8, 4) is 78.1 Å². The topological polar surface area (TPSA) is 9.86 Å². The molecule has 17 aromatic carbocycles. The quantitative estimate of drug-likeness (QED) is 0.106. The van der Waals surface area contributed by atoms with Crippen LogP contribution in [0, 0.1) is 0 Å². The number of hydrogen-bond acceptors (Lipinski definition) is 0. The molecule has 0 saturated heterocycles. The molecule has 0 fully saturated rings. The second-order valence-electron chi connectivity index (χ2n) is 24.6. The molecule has 2 nitrogen and oxygen atoms in total. The Morgan fingerprint density at radius 2 is 0.446 bits per heavy atom. The summed E-state index contributed by atoms with van der Waals surface area (Å²) in [5.74, 6) is 0. The van der Waals surface area contributed by atoms with Crippen molar-refractivity contribution in [1.29, 1.82) is 0 Å². The van der Waals surface area contributed by atoms with Gasteiger partial charge in [0, 0.05) is 32.9 Å². The van der Waals surface area contributed by atoms with Gasteiger partial charge in [0.05, 0.1) is 22.1 Å². The zero-order chi connectivity index (χ0) is 60.4. The Bertz CT molecular complexity index is 5710. The zero-order valence-corrected chi connectivity index (χ0v) is 50.2. The highest BCUT2D eigenvalue weighted by molar-refractivity contribution is 6.23. The fourth-order valence-electron chi connectivity index (χ4n) is 15.4. The van der Waals surface area contributed by atoms with Gasteiger partial charge in [-0.05, 0) is 192 Å². The van der Waals surface area contributed by atoms with Crippen molar-refractivity contribution in [2.45, 2.75) is 0 Å². The second-order valence-corrected chi connectivity index (χ2v) is 24.6. The normalized spacial score (nSPS) is 11.9. The summed E-state index contributed by atoms with van der Waals surface area (Å²) in [6, 6.07) is 127. The summed E-state index contributed by atoms with van der Waals surface area (Å²) in [7, 11) is 0. The molecule has 0 bridgehead atoms. The van der Waals surface area contributed by atoms with Crippen LogP contribution in [0.25, 0.3) is 186 Å². The first-order valence-corrected chi connectivity index (χ1v) is 31.9. The molecule has 0 amide bonds. The number of rotatable bonds is 8. The molecule has 0 aliphatic carbocycles. The van der Waals surface area contributed by atoms with Crippen LogP contribution in [0.2, 0.25) is 0 Å². The summed E-state index contributed by atoms with van der Waals surface area (Å²) >= 11 is 0. The fraction of sp³-hybridized carbons (Fsp3) is 0. The Labute approximate surface area is 532 Å². The molecule has 2 heterocycles. The van der Waals surface area contributed by atoms with Crippen molar-refractivity contribution in [2.24, 2.45) is 0 Å². The van der Waals surface area contributed by atoms with Gasteiger partial charge in [-0.15, -0.1) is 0 Å². The zero-order valence-electron chi connectivity index (χ0n) is 50.2. The van der Waals surface area contributed by atoms with E-state index >= 15 is 0 Å². The lowest BCUT2D eigenvalue weighted by Crippen LogP contribution is -1.95. The van der Waals surface area contributed by atoms with Crippen LogP contribution in [0.1, 0.15) is 0 Å². The molecule has 426 valence electrons. The van der Waals surface area contributed by atoms with Gasteiger partial charge in [0.2, 0.25) is 0 Å². The third-order valence-electron chi connectivity index (χ3n) is 19.7. The maximum atomic E-state index is 2.46. The Kier molecular flexibility index (Phi) is 11.7. The van der Waals surface area contributed by atoms with Crippen molar-refractivity contribution in [3.05, 3.63) is 340 Å². The molecule has 92 heavy (non-hydrogen) atoms. The van der Waals surface area contributed by atoms with E-state index in [1.165, 1.54) is 153 Å². The van der Waals surface area contributed by atoms with Crippen LogP contribution < -0.4 is 0 Å². The number of nitrogens with zero attached hydrogens (tertiary/aromatic N) is 2. The van der Waals surface area contributed by atoms with Crippen molar-refractivity contribution in [2.75, 3.05) is 0 Å². The maximum Gasteiger partial charge on any atom is 0.0541 e. The fourth-order valence-corrected chi connectivity index (χ4v) is 15.4. The minimum absolute atomic E-state index is 1.14. The molecule has 0 unspecified atom stereocenters. The minimum atomic E-state index is 1.14. The van der Waals surface area contributed by atoms with Gasteiger partial charge in [-0.25, -0.2) is 0 Å². The van der Waals surface area contributed by atoms with Crippen LogP contribution in [0.3, 0.4) is 0 Å². The first-order chi connectivity index (χ1) is 45.6. The summed E-state index contributed by atoms with van der Waals surface area (Å²) in [6.07, 6.45) is 0. The van der Waals surface area contributed by atoms with E-state index in [9.17, 15) is 0 Å². The van der Waals surface area contributed by atoms with E-state index in [1.807, 2.05) is 0 Å². The first-order valence-electron chi connectivity index (χ1n) is 31.9. The smallest absolute Gasteiger partial charge is 0.0541 e. The third-order valence-corrected chi connectivity index (χ3v) is 19.7. The number of aromatic nitrogens is 2. The summed E-state index contributed by atoms with van der Waals surface area (Å²) in [5.41, 5.74) is 21.3. The van der Waals surface area contributed by atoms with Gasteiger partial charge < -0.3 is 9.13 Å². The Morgan fingerprint density at radius 1 is 0.152 bits per heavy atom. The molecule has 19 aromatic rings. The number of hydrogen-bond donors (Lipinski definition) is 0. The van der Waals surface area contributed by atoms with E-state index in [4.69, 9.17) is 0 Å². The summed E-state index contributed by atoms with van der Waals surface area (Å²) in [6.45, 7) is 0. The molecule has 0 aliphatic heterocycles. The molecule has 0 radical (unpaired) electrons. The van der Waals surface area contributed by atoms with Gasteiger partial charge in [-0.1, -0.05) is 279 Å². The lowest BCUT2D eigenvalue weighted by atomic mass is 9.83. The molecule has 2 heteroatoms. The molecule has 0 aliphatic rings. The molecular weight excluding hydrogens is 1110 g/mol. The highest BCUT2D eigenvalue weighted by Crippen LogP contribution is 2.48. The molecule has 2 aromatic heterocycles. The highest BCUT2D eigenvalue weighted by atomic mass is 15.0. The summed E-state index contributed by atoms with van der Waals surface area (Å²) in [4.78, 5) is 0. The molecule has 0 atom stereocenters. The predicted octanol–water partition coefficient (Wildman–Crippen LogP) is 24.8. The van der Waals surface area contributed by atoms with Gasteiger partial charge in [0.25, 0.3) is 0 Å². The molecular formula is C90H56N2. The van der Waals surface area contributed by atoms with Gasteiger partial charge in [0.1, 0.15) is 0 Å². The first kappa shape index (κ1) is 51.9. The van der Waals surface area contributed by atoms with Crippen LogP contribution in [-0.4, -0.2) is 9.13 Å². The molecule has 0 N–H and O–H groups in total. The van der Waals surface area contributed by atoms with E-state index in [2.05, 4.69) is 349 Å². The van der Waals surface area contributed by atoms with Crippen LogP contribution in [0.15, 0.2) is 340 Å². The van der Waals surface area contributed by atoms with Crippen LogP contribution in [0.4, 0.5) is 0 Å². The maximum absolute atomic E-state index is 2.46.